The summed E-state index contributed by atoms with van der Waals surface area (Å²) in [4.78, 5) is 27.7. The zero-order valence-electron chi connectivity index (χ0n) is 20.6. The number of nitrogen functional groups attached to an aromatic ring is 1. The molecule has 0 aromatic heterocycles. The van der Waals surface area contributed by atoms with Crippen molar-refractivity contribution in [2.24, 2.45) is 0 Å². The highest BCUT2D eigenvalue weighted by Gasteiger charge is 2.33. The van der Waals surface area contributed by atoms with Crippen LogP contribution in [0.25, 0.3) is 6.08 Å². The minimum absolute atomic E-state index is 0.128. The van der Waals surface area contributed by atoms with Crippen molar-refractivity contribution in [2.75, 3.05) is 29.5 Å². The Balaban J connectivity index is 1.28. The Hall–Kier alpha value is -3.94. The highest BCUT2D eigenvalue weighted by atomic mass is 16.3. The molecule has 2 fully saturated rings. The maximum atomic E-state index is 13.4. The van der Waals surface area contributed by atoms with Crippen molar-refractivity contribution in [1.29, 1.82) is 0 Å². The van der Waals surface area contributed by atoms with Gasteiger partial charge in [-0.1, -0.05) is 48.5 Å². The molecule has 37 heavy (non-hydrogen) atoms. The molecule has 1 saturated carbocycles. The predicted octanol–water partition coefficient (Wildman–Crippen LogP) is 4.54. The molecule has 0 bridgehead atoms. The van der Waals surface area contributed by atoms with Gasteiger partial charge in [0.1, 0.15) is 6.04 Å². The molecule has 0 spiro atoms. The molecule has 7 nitrogen and oxygen atoms in total. The van der Waals surface area contributed by atoms with Gasteiger partial charge in [0.25, 0.3) is 0 Å². The Morgan fingerprint density at radius 1 is 0.946 bits per heavy atom. The second-order valence-corrected chi connectivity index (χ2v) is 9.80. The first-order valence-corrected chi connectivity index (χ1v) is 12.7. The second kappa shape index (κ2) is 11.0. The lowest BCUT2D eigenvalue weighted by atomic mass is 10.0. The first-order valence-electron chi connectivity index (χ1n) is 12.7. The monoisotopic (exact) mass is 496 g/mol. The Bertz CT molecular complexity index is 1280. The molecule has 1 aliphatic heterocycles. The van der Waals surface area contributed by atoms with Crippen LogP contribution < -0.4 is 16.4 Å². The van der Waals surface area contributed by atoms with Gasteiger partial charge in [-0.05, 0) is 72.2 Å². The average molecular weight is 497 g/mol. The summed E-state index contributed by atoms with van der Waals surface area (Å²) in [5, 5.41) is 15.9. The average Bonchev–Trinajstić information content (AvgIpc) is 3.66. The summed E-state index contributed by atoms with van der Waals surface area (Å²) in [5.41, 5.74) is 10.7. The molecular formula is C30H32N4O3. The van der Waals surface area contributed by atoms with E-state index in [0.717, 1.165) is 16.8 Å². The third-order valence-corrected chi connectivity index (χ3v) is 6.93. The molecular weight excluding hydrogens is 464 g/mol. The minimum atomic E-state index is -0.525. The Morgan fingerprint density at radius 2 is 1.68 bits per heavy atom. The molecule has 1 saturated heterocycles. The molecule has 1 heterocycles. The molecule has 7 heteroatoms. The Morgan fingerprint density at radius 3 is 2.32 bits per heavy atom. The SMILES string of the molecule is Nc1ccccc1NC(=O)C=Cc1ccc(C(C(=O)Nc2ccc(C3CC3)cc2)N2CCC(O)C2)cc1. The number of rotatable bonds is 8. The molecule has 2 unspecified atom stereocenters. The predicted molar refractivity (Wildman–Crippen MR) is 147 cm³/mol. The molecule has 190 valence electrons. The van der Waals surface area contributed by atoms with Gasteiger partial charge in [-0.25, -0.2) is 0 Å². The van der Waals surface area contributed by atoms with Crippen molar-refractivity contribution in [2.45, 2.75) is 37.3 Å². The fourth-order valence-electron chi connectivity index (χ4n) is 4.74. The van der Waals surface area contributed by atoms with E-state index in [1.807, 2.05) is 53.4 Å². The van der Waals surface area contributed by atoms with E-state index < -0.39 is 12.1 Å². The van der Waals surface area contributed by atoms with Crippen LogP contribution in [0.2, 0.25) is 0 Å². The number of hydrogen-bond donors (Lipinski definition) is 4. The van der Waals surface area contributed by atoms with Crippen LogP contribution in [0.4, 0.5) is 17.1 Å². The zero-order chi connectivity index (χ0) is 25.8. The number of para-hydroxylation sites is 2. The van der Waals surface area contributed by atoms with Gasteiger partial charge in [-0.2, -0.15) is 0 Å². The molecule has 2 atom stereocenters. The summed E-state index contributed by atoms with van der Waals surface area (Å²) < 4.78 is 0. The minimum Gasteiger partial charge on any atom is -0.397 e. The van der Waals surface area contributed by atoms with Crippen LogP contribution in [0.1, 0.15) is 47.9 Å². The lowest BCUT2D eigenvalue weighted by Gasteiger charge is -2.27. The topological polar surface area (TPSA) is 108 Å². The number of benzene rings is 3. The largest absolute Gasteiger partial charge is 0.397 e. The molecule has 1 aliphatic carbocycles. The van der Waals surface area contributed by atoms with Crippen molar-refractivity contribution in [3.8, 4) is 0 Å². The number of amides is 2. The maximum Gasteiger partial charge on any atom is 0.248 e. The zero-order valence-corrected chi connectivity index (χ0v) is 20.6. The number of nitrogens with zero attached hydrogens (tertiary/aromatic N) is 1. The Kier molecular flexibility index (Phi) is 7.35. The van der Waals surface area contributed by atoms with Crippen LogP contribution >= 0.6 is 0 Å². The van der Waals surface area contributed by atoms with Crippen LogP contribution in [0, 0.1) is 0 Å². The molecule has 5 rings (SSSR count). The van der Waals surface area contributed by atoms with Gasteiger partial charge in [0, 0.05) is 24.9 Å². The molecule has 3 aromatic rings. The van der Waals surface area contributed by atoms with Crippen molar-refractivity contribution >= 4 is 35.0 Å². The number of nitrogens with one attached hydrogen (secondary N) is 2. The highest BCUT2D eigenvalue weighted by molar-refractivity contribution is 6.03. The summed E-state index contributed by atoms with van der Waals surface area (Å²) in [5.74, 6) is 0.257. The quantitative estimate of drug-likeness (QED) is 0.270. The van der Waals surface area contributed by atoms with E-state index in [1.54, 1.807) is 18.2 Å². The number of aliphatic hydroxyl groups excluding tert-OH is 1. The molecule has 2 aliphatic rings. The van der Waals surface area contributed by atoms with Crippen LogP contribution in [-0.4, -0.2) is 41.0 Å². The van der Waals surface area contributed by atoms with E-state index in [1.165, 1.54) is 24.5 Å². The van der Waals surface area contributed by atoms with Gasteiger partial charge < -0.3 is 21.5 Å². The van der Waals surface area contributed by atoms with Gasteiger partial charge in [0.05, 0.1) is 17.5 Å². The number of β-amino-alcohol motifs (C(OH)–C–C–N with tert-alkyl or cyclic N) is 1. The van der Waals surface area contributed by atoms with E-state index in [0.29, 0.717) is 36.8 Å². The summed E-state index contributed by atoms with van der Waals surface area (Å²) in [7, 11) is 0. The maximum absolute atomic E-state index is 13.4. The van der Waals surface area contributed by atoms with E-state index >= 15 is 0 Å². The molecule has 5 N–H and O–H groups in total. The van der Waals surface area contributed by atoms with Crippen molar-refractivity contribution in [3.05, 3.63) is 95.6 Å². The fraction of sp³-hybridized carbons (Fsp3) is 0.267. The first kappa shape index (κ1) is 24.7. The van der Waals surface area contributed by atoms with Gasteiger partial charge >= 0.3 is 0 Å². The van der Waals surface area contributed by atoms with Crippen molar-refractivity contribution in [1.82, 2.24) is 4.90 Å². The van der Waals surface area contributed by atoms with Crippen LogP contribution in [0.3, 0.4) is 0 Å². The van der Waals surface area contributed by atoms with Crippen LogP contribution in [0.5, 0.6) is 0 Å². The third kappa shape index (κ3) is 6.25. The molecule has 3 aromatic carbocycles. The summed E-state index contributed by atoms with van der Waals surface area (Å²) in [6.07, 6.45) is 5.85. The van der Waals surface area contributed by atoms with Crippen LogP contribution in [0.15, 0.2) is 78.9 Å². The number of carbonyl (C=O) groups is 2. The van der Waals surface area contributed by atoms with Gasteiger partial charge in [-0.15, -0.1) is 0 Å². The van der Waals surface area contributed by atoms with Crippen molar-refractivity contribution in [3.63, 3.8) is 0 Å². The molecule has 0 radical (unpaired) electrons. The second-order valence-electron chi connectivity index (χ2n) is 9.80. The van der Waals surface area contributed by atoms with Gasteiger partial charge in [-0.3, -0.25) is 14.5 Å². The smallest absolute Gasteiger partial charge is 0.248 e. The number of nitrogens with two attached hydrogens (primary N) is 1. The normalized spacial score (nSPS) is 18.6. The number of aliphatic hydroxyl groups is 1. The van der Waals surface area contributed by atoms with Gasteiger partial charge in [0.2, 0.25) is 11.8 Å². The summed E-state index contributed by atoms with van der Waals surface area (Å²) in [6.45, 7) is 1.09. The lowest BCUT2D eigenvalue weighted by Crippen LogP contribution is -2.36. The van der Waals surface area contributed by atoms with Gasteiger partial charge in [0.15, 0.2) is 0 Å². The summed E-state index contributed by atoms with van der Waals surface area (Å²) >= 11 is 0. The Labute approximate surface area is 217 Å². The summed E-state index contributed by atoms with van der Waals surface area (Å²) in [6, 6.07) is 22.2. The third-order valence-electron chi connectivity index (χ3n) is 6.93. The van der Waals surface area contributed by atoms with E-state index in [-0.39, 0.29) is 11.8 Å². The number of likely N-dealkylation sites (tertiary alicyclic amines) is 1. The van der Waals surface area contributed by atoms with Crippen LogP contribution in [-0.2, 0) is 9.59 Å². The lowest BCUT2D eigenvalue weighted by molar-refractivity contribution is -0.121. The van der Waals surface area contributed by atoms with E-state index in [2.05, 4.69) is 22.8 Å². The standard InChI is InChI=1S/C30H32N4O3/c31-26-3-1-2-4-27(26)33-28(36)16-7-20-5-8-23(9-6-20)29(34-18-17-25(35)19-34)30(37)32-24-14-12-22(13-15-24)21-10-11-21/h1-9,12-16,21,25,29,35H,10-11,17-19,31H2,(H,32,37)(H,33,36). The van der Waals surface area contributed by atoms with Crippen molar-refractivity contribution < 1.29 is 14.7 Å². The fourth-order valence-corrected chi connectivity index (χ4v) is 4.74. The number of hydrogen-bond acceptors (Lipinski definition) is 5. The number of anilines is 3. The highest BCUT2D eigenvalue weighted by Crippen LogP contribution is 2.40. The van der Waals surface area contributed by atoms with E-state index in [4.69, 9.17) is 5.73 Å². The first-order chi connectivity index (χ1) is 18.0. The number of carbonyl (C=O) groups excluding carboxylic acids is 2. The molecule has 2 amide bonds. The van der Waals surface area contributed by atoms with E-state index in [9.17, 15) is 14.7 Å².